The first-order chi connectivity index (χ1) is 18.9. The number of anilines is 1. The summed E-state index contributed by atoms with van der Waals surface area (Å²) in [5.74, 6) is 0.0133. The summed E-state index contributed by atoms with van der Waals surface area (Å²) in [6, 6.07) is 8.43. The van der Waals surface area contributed by atoms with E-state index < -0.39 is 12.2 Å². The van der Waals surface area contributed by atoms with Crippen molar-refractivity contribution in [2.45, 2.75) is 25.4 Å². The highest BCUT2D eigenvalue weighted by Crippen LogP contribution is 2.30. The van der Waals surface area contributed by atoms with Crippen LogP contribution in [0.3, 0.4) is 0 Å². The summed E-state index contributed by atoms with van der Waals surface area (Å²) in [4.78, 5) is 43.6. The summed E-state index contributed by atoms with van der Waals surface area (Å²) in [5.41, 5.74) is 0.931. The van der Waals surface area contributed by atoms with Gasteiger partial charge < -0.3 is 24.2 Å². The second kappa shape index (κ2) is 10.4. The van der Waals surface area contributed by atoms with Gasteiger partial charge in [0.05, 0.1) is 37.3 Å². The average molecular weight is 542 g/mol. The first-order valence-corrected chi connectivity index (χ1v) is 13.0. The molecule has 3 saturated heterocycles. The smallest absolute Gasteiger partial charge is 0.296 e. The van der Waals surface area contributed by atoms with E-state index in [0.717, 1.165) is 0 Å². The van der Waals surface area contributed by atoms with Gasteiger partial charge in [-0.25, -0.2) is 13.8 Å². The molecular weight excluding hydrogens is 512 g/mol. The number of piperidine rings is 1. The van der Waals surface area contributed by atoms with Crippen LogP contribution in [0.2, 0.25) is 0 Å². The van der Waals surface area contributed by atoms with Crippen LogP contribution >= 0.6 is 0 Å². The fourth-order valence-electron chi connectivity index (χ4n) is 5.19. The highest BCUT2D eigenvalue weighted by Gasteiger charge is 2.38. The monoisotopic (exact) mass is 541 g/mol. The molecular formula is C26H29F2N7O4. The third-order valence-electron chi connectivity index (χ3n) is 7.44. The number of benzene rings is 1. The van der Waals surface area contributed by atoms with E-state index in [2.05, 4.69) is 15.0 Å². The summed E-state index contributed by atoms with van der Waals surface area (Å²) in [7, 11) is 1.74. The summed E-state index contributed by atoms with van der Waals surface area (Å²) in [6.07, 6.45) is -2.26. The molecule has 3 aromatic rings. The lowest BCUT2D eigenvalue weighted by Gasteiger charge is -2.41. The van der Waals surface area contributed by atoms with E-state index >= 15 is 0 Å². The van der Waals surface area contributed by atoms with Gasteiger partial charge >= 0.3 is 0 Å². The lowest BCUT2D eigenvalue weighted by Crippen LogP contribution is -2.58. The number of likely N-dealkylation sites (tertiary alicyclic amines) is 2. The van der Waals surface area contributed by atoms with Gasteiger partial charge in [-0.15, -0.1) is 0 Å². The fourth-order valence-corrected chi connectivity index (χ4v) is 5.19. The highest BCUT2D eigenvalue weighted by molar-refractivity contribution is 5.87. The van der Waals surface area contributed by atoms with Crippen LogP contribution in [0.25, 0.3) is 16.9 Å². The summed E-state index contributed by atoms with van der Waals surface area (Å²) in [5, 5.41) is 0. The van der Waals surface area contributed by atoms with Gasteiger partial charge in [0.25, 0.3) is 6.43 Å². The van der Waals surface area contributed by atoms with E-state index in [1.54, 1.807) is 41.1 Å². The zero-order chi connectivity index (χ0) is 27.1. The first-order valence-electron chi connectivity index (χ1n) is 13.0. The van der Waals surface area contributed by atoms with E-state index in [0.29, 0.717) is 69.3 Å². The molecule has 3 aliphatic rings. The van der Waals surface area contributed by atoms with E-state index in [-0.39, 0.29) is 42.0 Å². The molecule has 1 atom stereocenters. The number of fused-ring (bicyclic) bond motifs is 1. The Bertz CT molecular complexity index is 1390. The van der Waals surface area contributed by atoms with E-state index in [1.807, 2.05) is 4.90 Å². The topological polar surface area (TPSA) is 106 Å². The molecule has 3 fully saturated rings. The summed E-state index contributed by atoms with van der Waals surface area (Å²) in [6.45, 7) is 3.40. The summed E-state index contributed by atoms with van der Waals surface area (Å²) < 4.78 is 41.0. The van der Waals surface area contributed by atoms with Crippen LogP contribution in [0, 0.1) is 5.92 Å². The molecule has 0 aliphatic carbocycles. The van der Waals surface area contributed by atoms with Crippen molar-refractivity contribution in [2.24, 2.45) is 5.92 Å². The van der Waals surface area contributed by atoms with E-state index in [1.165, 1.54) is 10.6 Å². The Hall–Kier alpha value is -3.87. The Kier molecular flexibility index (Phi) is 6.75. The molecule has 13 heteroatoms. The van der Waals surface area contributed by atoms with Crippen LogP contribution in [-0.2, 0) is 14.3 Å². The number of rotatable bonds is 6. The number of nitrogens with zero attached hydrogens (tertiary/aromatic N) is 7. The number of carbonyl (C=O) groups is 2. The number of aromatic nitrogens is 4. The van der Waals surface area contributed by atoms with Crippen molar-refractivity contribution < 1.29 is 27.8 Å². The second-order valence-electron chi connectivity index (χ2n) is 10.0. The van der Waals surface area contributed by atoms with Gasteiger partial charge in [-0.1, -0.05) is 12.1 Å². The molecule has 39 heavy (non-hydrogen) atoms. The highest BCUT2D eigenvalue weighted by atomic mass is 19.3. The summed E-state index contributed by atoms with van der Waals surface area (Å²) >= 11 is 0. The maximum atomic E-state index is 14.1. The molecule has 2 amide bonds. The molecule has 1 unspecified atom stereocenters. The molecule has 0 bridgehead atoms. The fraction of sp³-hybridized carbons (Fsp3) is 0.500. The molecule has 5 heterocycles. The van der Waals surface area contributed by atoms with Gasteiger partial charge in [0, 0.05) is 45.1 Å². The van der Waals surface area contributed by atoms with Crippen molar-refractivity contribution in [1.29, 1.82) is 0 Å². The Balaban J connectivity index is 1.25. The van der Waals surface area contributed by atoms with Crippen LogP contribution in [0.5, 0.6) is 5.88 Å². The van der Waals surface area contributed by atoms with E-state index in [4.69, 9.17) is 9.47 Å². The second-order valence-corrected chi connectivity index (χ2v) is 10.0. The Morgan fingerprint density at radius 2 is 1.87 bits per heavy atom. The predicted molar refractivity (Wildman–Crippen MR) is 136 cm³/mol. The maximum absolute atomic E-state index is 14.1. The molecule has 1 aromatic carbocycles. The Labute approximate surface area is 223 Å². The van der Waals surface area contributed by atoms with Crippen molar-refractivity contribution in [3.05, 3.63) is 36.2 Å². The molecule has 2 aromatic heterocycles. The zero-order valence-corrected chi connectivity index (χ0v) is 21.5. The van der Waals surface area contributed by atoms with Gasteiger partial charge in [0.2, 0.25) is 23.6 Å². The number of amides is 2. The molecule has 0 saturated carbocycles. The maximum Gasteiger partial charge on any atom is 0.296 e. The van der Waals surface area contributed by atoms with Crippen LogP contribution in [0.1, 0.15) is 25.1 Å². The van der Waals surface area contributed by atoms with Gasteiger partial charge in [0.1, 0.15) is 11.9 Å². The molecule has 206 valence electrons. The Morgan fingerprint density at radius 1 is 1.10 bits per heavy atom. The number of alkyl halides is 2. The predicted octanol–water partition coefficient (Wildman–Crippen LogP) is 2.05. The molecule has 0 spiro atoms. The number of para-hydroxylation sites is 2. The van der Waals surface area contributed by atoms with Gasteiger partial charge in [-0.05, 0) is 18.6 Å². The van der Waals surface area contributed by atoms with Crippen molar-refractivity contribution in [3.63, 3.8) is 0 Å². The third-order valence-corrected chi connectivity index (χ3v) is 7.44. The van der Waals surface area contributed by atoms with Gasteiger partial charge in [-0.3, -0.25) is 14.2 Å². The lowest BCUT2D eigenvalue weighted by atomic mass is 9.93. The normalized spacial score (nSPS) is 20.6. The van der Waals surface area contributed by atoms with Crippen LogP contribution < -0.4 is 9.64 Å². The SMILES string of the molecule is CN1CCC(C(=O)N2CC(Oc3cc(-n4c(C(F)F)nc5ccccc54)nc(N4CCOCC4)n3)C2)CC1=O. The number of halogens is 2. The lowest BCUT2D eigenvalue weighted by molar-refractivity contribution is -0.150. The number of hydrogen-bond acceptors (Lipinski definition) is 8. The molecule has 0 radical (unpaired) electrons. The molecule has 0 N–H and O–H groups in total. The van der Waals surface area contributed by atoms with Crippen LogP contribution in [0.4, 0.5) is 14.7 Å². The number of ether oxygens (including phenoxy) is 2. The Morgan fingerprint density at radius 3 is 2.62 bits per heavy atom. The van der Waals surface area contributed by atoms with E-state index in [9.17, 15) is 18.4 Å². The molecule has 6 rings (SSSR count). The van der Waals surface area contributed by atoms with Crippen molar-refractivity contribution >= 4 is 28.8 Å². The first kappa shape index (κ1) is 25.4. The minimum absolute atomic E-state index is 0.0210. The molecule has 3 aliphatic heterocycles. The van der Waals surface area contributed by atoms with Gasteiger partial charge in [-0.2, -0.15) is 9.97 Å². The largest absolute Gasteiger partial charge is 0.470 e. The van der Waals surface area contributed by atoms with Crippen LogP contribution in [0.15, 0.2) is 30.3 Å². The van der Waals surface area contributed by atoms with Crippen molar-refractivity contribution in [2.75, 3.05) is 57.9 Å². The van der Waals surface area contributed by atoms with Gasteiger partial charge in [0.15, 0.2) is 5.82 Å². The number of hydrogen-bond donors (Lipinski definition) is 0. The third kappa shape index (κ3) is 4.98. The minimum atomic E-state index is -2.82. The molecule has 11 nitrogen and oxygen atoms in total. The number of carbonyl (C=O) groups excluding carboxylic acids is 2. The minimum Gasteiger partial charge on any atom is -0.470 e. The zero-order valence-electron chi connectivity index (χ0n) is 21.5. The van der Waals surface area contributed by atoms with Crippen LogP contribution in [-0.4, -0.2) is 100 Å². The quantitative estimate of drug-likeness (QED) is 0.467. The number of morpholine rings is 1. The number of imidazole rings is 1. The standard InChI is InChI=1S/C26H29F2N7O4/c1-32-7-6-16(12-22(32)36)25(37)34-14-17(15-34)39-21-13-20(30-26(31-21)33-8-10-38-11-9-33)35-19-5-3-2-4-18(19)29-24(35)23(27)28/h2-5,13,16-17,23H,6-12,14-15H2,1H3. The average Bonchev–Trinajstić information content (AvgIpc) is 3.32. The van der Waals surface area contributed by atoms with Crippen molar-refractivity contribution in [3.8, 4) is 11.7 Å². The van der Waals surface area contributed by atoms with Crippen molar-refractivity contribution in [1.82, 2.24) is 29.3 Å².